The van der Waals surface area contributed by atoms with Gasteiger partial charge in [0, 0.05) is 11.6 Å². The number of H-pyrrole nitrogens is 1. The molecule has 1 aromatic carbocycles. The first-order chi connectivity index (χ1) is 14.8. The zero-order valence-electron chi connectivity index (χ0n) is 16.4. The van der Waals surface area contributed by atoms with Gasteiger partial charge in [-0.2, -0.15) is 13.2 Å². The van der Waals surface area contributed by atoms with Crippen molar-refractivity contribution >= 4 is 28.3 Å². The Balaban J connectivity index is 1.50. The molecule has 0 aliphatic rings. The Morgan fingerprint density at radius 1 is 1.06 bits per heavy atom. The number of halogens is 3. The highest BCUT2D eigenvalue weighted by atomic mass is 19.4. The van der Waals surface area contributed by atoms with Crippen LogP contribution in [0.15, 0.2) is 60.9 Å². The van der Waals surface area contributed by atoms with Crippen LogP contribution in [0, 0.1) is 6.92 Å². The molecule has 0 saturated carbocycles. The highest BCUT2D eigenvalue weighted by Crippen LogP contribution is 2.36. The molecule has 0 unspecified atom stereocenters. The fourth-order valence-corrected chi connectivity index (χ4v) is 3.28. The number of hydrogen-bond acceptors (Lipinski definition) is 4. The van der Waals surface area contributed by atoms with Gasteiger partial charge >= 0.3 is 6.18 Å². The second-order valence-electron chi connectivity index (χ2n) is 6.91. The van der Waals surface area contributed by atoms with Crippen molar-refractivity contribution in [3.63, 3.8) is 0 Å². The lowest BCUT2D eigenvalue weighted by Crippen LogP contribution is -2.13. The van der Waals surface area contributed by atoms with Crippen molar-refractivity contribution in [3.8, 4) is 0 Å². The van der Waals surface area contributed by atoms with E-state index in [9.17, 15) is 18.0 Å². The van der Waals surface area contributed by atoms with Crippen molar-refractivity contribution < 1.29 is 18.0 Å². The Hall–Kier alpha value is -3.88. The van der Waals surface area contributed by atoms with E-state index in [2.05, 4.69) is 25.6 Å². The summed E-state index contributed by atoms with van der Waals surface area (Å²) >= 11 is 0. The molecule has 31 heavy (non-hydrogen) atoms. The number of nitrogens with one attached hydrogen (secondary N) is 3. The third-order valence-corrected chi connectivity index (χ3v) is 4.82. The summed E-state index contributed by atoms with van der Waals surface area (Å²) in [5.41, 5.74) is 0.744. The van der Waals surface area contributed by atoms with Crippen LogP contribution in [-0.2, 0) is 12.7 Å². The maximum Gasteiger partial charge on any atom is 0.431 e. The average molecular weight is 425 g/mol. The number of para-hydroxylation sites is 1. The van der Waals surface area contributed by atoms with Crippen molar-refractivity contribution in [1.82, 2.24) is 15.0 Å². The molecule has 0 aliphatic carbocycles. The van der Waals surface area contributed by atoms with Gasteiger partial charge < -0.3 is 15.6 Å². The number of hydrogen-bond donors (Lipinski definition) is 3. The van der Waals surface area contributed by atoms with Gasteiger partial charge in [0.2, 0.25) is 0 Å². The molecule has 0 saturated heterocycles. The first kappa shape index (κ1) is 20.4. The number of fused-ring (bicyclic) bond motifs is 1. The zero-order valence-corrected chi connectivity index (χ0v) is 16.4. The summed E-state index contributed by atoms with van der Waals surface area (Å²) < 4.78 is 39.7. The lowest BCUT2D eigenvalue weighted by Gasteiger charge is -2.08. The second-order valence-corrected chi connectivity index (χ2v) is 6.91. The molecule has 9 heteroatoms. The number of alkyl halides is 3. The highest BCUT2D eigenvalue weighted by molar-refractivity contribution is 6.12. The van der Waals surface area contributed by atoms with Crippen LogP contribution >= 0.6 is 0 Å². The average Bonchev–Trinajstić information content (AvgIpc) is 3.11. The van der Waals surface area contributed by atoms with Gasteiger partial charge in [0.1, 0.15) is 11.5 Å². The molecule has 4 aromatic rings. The second kappa shape index (κ2) is 8.10. The normalized spacial score (nSPS) is 11.5. The molecule has 0 bridgehead atoms. The van der Waals surface area contributed by atoms with Crippen molar-refractivity contribution in [1.29, 1.82) is 0 Å². The molecule has 0 spiro atoms. The molecule has 158 valence electrons. The quantitative estimate of drug-likeness (QED) is 0.413. The molecule has 0 fully saturated rings. The number of carbonyl (C=O) groups is 1. The predicted octanol–water partition coefficient (Wildman–Crippen LogP) is 5.15. The molecular formula is C22H18F3N5O. The van der Waals surface area contributed by atoms with Gasteiger partial charge in [-0.3, -0.25) is 9.78 Å². The summed E-state index contributed by atoms with van der Waals surface area (Å²) in [5, 5.41) is 6.15. The van der Waals surface area contributed by atoms with Crippen molar-refractivity contribution in [2.24, 2.45) is 0 Å². The van der Waals surface area contributed by atoms with E-state index in [0.717, 1.165) is 5.69 Å². The smallest absolute Gasteiger partial charge is 0.364 e. The summed E-state index contributed by atoms with van der Waals surface area (Å²) in [7, 11) is 0. The topological polar surface area (TPSA) is 82.7 Å². The number of rotatable bonds is 5. The van der Waals surface area contributed by atoms with E-state index in [1.165, 1.54) is 19.2 Å². The molecule has 1 amide bonds. The monoisotopic (exact) mass is 425 g/mol. The van der Waals surface area contributed by atoms with E-state index in [1.54, 1.807) is 30.5 Å². The molecule has 3 aromatic heterocycles. The fourth-order valence-electron chi connectivity index (χ4n) is 3.28. The molecule has 0 radical (unpaired) electrons. The predicted molar refractivity (Wildman–Crippen MR) is 112 cm³/mol. The van der Waals surface area contributed by atoms with E-state index in [-0.39, 0.29) is 16.6 Å². The first-order valence-corrected chi connectivity index (χ1v) is 9.42. The maximum absolute atomic E-state index is 13.2. The summed E-state index contributed by atoms with van der Waals surface area (Å²) in [5.74, 6) is 0.0668. The molecule has 6 nitrogen and oxygen atoms in total. The van der Waals surface area contributed by atoms with E-state index < -0.39 is 17.8 Å². The third kappa shape index (κ3) is 4.35. The van der Waals surface area contributed by atoms with Crippen LogP contribution < -0.4 is 10.6 Å². The zero-order chi connectivity index (χ0) is 22.0. The van der Waals surface area contributed by atoms with Crippen LogP contribution in [0.1, 0.15) is 27.3 Å². The number of benzene rings is 1. The number of aryl methyl sites for hydroxylation is 1. The molecule has 3 N–H and O–H groups in total. The Bertz CT molecular complexity index is 1220. The van der Waals surface area contributed by atoms with Gasteiger partial charge in [0.25, 0.3) is 5.91 Å². The van der Waals surface area contributed by atoms with E-state index in [0.29, 0.717) is 23.4 Å². The minimum absolute atomic E-state index is 0.0575. The van der Waals surface area contributed by atoms with Gasteiger partial charge in [-0.05, 0) is 42.8 Å². The van der Waals surface area contributed by atoms with Gasteiger partial charge in [-0.15, -0.1) is 0 Å². The van der Waals surface area contributed by atoms with Gasteiger partial charge in [0.05, 0.1) is 35.2 Å². The summed E-state index contributed by atoms with van der Waals surface area (Å²) in [6.45, 7) is 1.87. The van der Waals surface area contributed by atoms with Crippen molar-refractivity contribution in [3.05, 3.63) is 83.4 Å². The van der Waals surface area contributed by atoms with Gasteiger partial charge in [-0.1, -0.05) is 18.2 Å². The Kier molecular flexibility index (Phi) is 5.33. The maximum atomic E-state index is 13.2. The number of carbonyl (C=O) groups excluding carboxylic acids is 1. The van der Waals surface area contributed by atoms with E-state index in [4.69, 9.17) is 0 Å². The van der Waals surface area contributed by atoms with Crippen molar-refractivity contribution in [2.45, 2.75) is 19.6 Å². The minimum Gasteiger partial charge on any atom is -0.364 e. The van der Waals surface area contributed by atoms with Crippen LogP contribution in [0.2, 0.25) is 0 Å². The van der Waals surface area contributed by atoms with Crippen molar-refractivity contribution in [2.75, 3.05) is 10.6 Å². The molecule has 0 aliphatic heterocycles. The number of aromatic nitrogens is 3. The third-order valence-electron chi connectivity index (χ3n) is 4.82. The molecular weight excluding hydrogens is 407 g/mol. The molecule has 3 heterocycles. The van der Waals surface area contributed by atoms with Crippen LogP contribution in [-0.4, -0.2) is 20.9 Å². The summed E-state index contributed by atoms with van der Waals surface area (Å²) in [6.07, 6.45) is -1.36. The minimum atomic E-state index is -4.53. The molecule has 4 rings (SSSR count). The Morgan fingerprint density at radius 3 is 2.58 bits per heavy atom. The fraction of sp³-hybridized carbons (Fsp3) is 0.136. The van der Waals surface area contributed by atoms with E-state index in [1.807, 2.05) is 18.2 Å². The van der Waals surface area contributed by atoms with Crippen LogP contribution in [0.25, 0.3) is 10.9 Å². The number of nitrogens with zero attached hydrogens (tertiary/aromatic N) is 2. The van der Waals surface area contributed by atoms with Crippen LogP contribution in [0.4, 0.5) is 24.7 Å². The highest BCUT2D eigenvalue weighted by Gasteiger charge is 2.35. The largest absolute Gasteiger partial charge is 0.431 e. The lowest BCUT2D eigenvalue weighted by atomic mass is 10.1. The number of pyridine rings is 2. The number of amides is 1. The molecule has 0 atom stereocenters. The van der Waals surface area contributed by atoms with Crippen LogP contribution in [0.5, 0.6) is 0 Å². The van der Waals surface area contributed by atoms with Crippen LogP contribution in [0.3, 0.4) is 0 Å². The Morgan fingerprint density at radius 2 is 1.90 bits per heavy atom. The summed E-state index contributed by atoms with van der Waals surface area (Å²) in [4.78, 5) is 23.5. The SMILES string of the molecule is Cc1c(C(F)(F)F)[nH]c2c(C(=O)Nc3ccc(NCc4ccccn4)nc3)cccc12. The van der Waals surface area contributed by atoms with Gasteiger partial charge in [0.15, 0.2) is 0 Å². The number of aromatic amines is 1. The van der Waals surface area contributed by atoms with Gasteiger partial charge in [-0.25, -0.2) is 4.98 Å². The standard InChI is InChI=1S/C22H18F3N5O/c1-13-16-6-4-7-17(19(16)30-20(13)22(23,24)25)21(31)29-15-8-9-18(28-12-15)27-11-14-5-2-3-10-26-14/h2-10,12,30H,11H2,1H3,(H,27,28)(H,29,31). The first-order valence-electron chi connectivity index (χ1n) is 9.42. The summed E-state index contributed by atoms with van der Waals surface area (Å²) in [6, 6.07) is 13.5. The van der Waals surface area contributed by atoms with E-state index >= 15 is 0 Å². The lowest BCUT2D eigenvalue weighted by molar-refractivity contribution is -0.141. The number of anilines is 2. The Labute approximate surface area is 175 Å².